The van der Waals surface area contributed by atoms with Gasteiger partial charge in [-0.15, -0.1) is 0 Å². The topological polar surface area (TPSA) is 17.1 Å². The summed E-state index contributed by atoms with van der Waals surface area (Å²) in [6, 6.07) is 0. The van der Waals surface area contributed by atoms with Gasteiger partial charge in [0.05, 0.1) is 0 Å². The Kier molecular flexibility index (Phi) is 6.15. The summed E-state index contributed by atoms with van der Waals surface area (Å²) in [6.07, 6.45) is 17.2. The quantitative estimate of drug-likeness (QED) is 0.418. The number of hydrogen-bond acceptors (Lipinski definition) is 1. The number of rotatable bonds is 5. The van der Waals surface area contributed by atoms with E-state index in [-0.39, 0.29) is 0 Å². The predicted molar refractivity (Wildman–Crippen MR) is 127 cm³/mol. The molecule has 0 aromatic rings. The molecule has 1 nitrogen and oxygen atoms in total. The normalized spacial score (nSPS) is 42.4. The highest BCUT2D eigenvalue weighted by molar-refractivity contribution is 5.82. The lowest BCUT2D eigenvalue weighted by Gasteiger charge is -2.58. The molecule has 7 atom stereocenters. The van der Waals surface area contributed by atoms with Gasteiger partial charge in [0, 0.05) is 12.8 Å². The van der Waals surface area contributed by atoms with Gasteiger partial charge < -0.3 is 0 Å². The molecule has 4 rings (SSSR count). The van der Waals surface area contributed by atoms with Crippen LogP contribution < -0.4 is 0 Å². The van der Waals surface area contributed by atoms with E-state index in [2.05, 4.69) is 53.7 Å². The van der Waals surface area contributed by atoms with E-state index in [1.54, 1.807) is 5.57 Å². The molecule has 0 unspecified atom stereocenters. The second-order valence-corrected chi connectivity index (χ2v) is 12.2. The van der Waals surface area contributed by atoms with Gasteiger partial charge in [-0.05, 0) is 105 Å². The van der Waals surface area contributed by atoms with Crippen molar-refractivity contribution in [1.29, 1.82) is 0 Å². The van der Waals surface area contributed by atoms with Gasteiger partial charge in [0.2, 0.25) is 0 Å². The molecule has 168 valence electrons. The number of ketones is 1. The molecular formula is C29H46O. The van der Waals surface area contributed by atoms with E-state index in [9.17, 15) is 4.79 Å². The van der Waals surface area contributed by atoms with Crippen LogP contribution in [-0.2, 0) is 4.79 Å². The summed E-state index contributed by atoms with van der Waals surface area (Å²) in [5.41, 5.74) is 4.02. The smallest absolute Gasteiger partial charge is 0.136 e. The Bertz CT molecular complexity index is 727. The zero-order chi connectivity index (χ0) is 21.7. The Morgan fingerprint density at radius 2 is 1.90 bits per heavy atom. The summed E-state index contributed by atoms with van der Waals surface area (Å²) in [5, 5.41) is 0. The average molecular weight is 411 g/mol. The molecule has 4 aliphatic rings. The minimum atomic E-state index is 0.319. The monoisotopic (exact) mass is 410 g/mol. The van der Waals surface area contributed by atoms with Crippen molar-refractivity contribution in [1.82, 2.24) is 0 Å². The van der Waals surface area contributed by atoms with E-state index >= 15 is 0 Å². The van der Waals surface area contributed by atoms with Gasteiger partial charge in [0.15, 0.2) is 0 Å². The summed E-state index contributed by atoms with van der Waals surface area (Å²) in [4.78, 5) is 12.1. The Morgan fingerprint density at radius 1 is 1.13 bits per heavy atom. The van der Waals surface area contributed by atoms with Crippen molar-refractivity contribution in [3.05, 3.63) is 23.3 Å². The lowest BCUT2D eigenvalue weighted by Crippen LogP contribution is -2.50. The lowest BCUT2D eigenvalue weighted by atomic mass is 9.47. The van der Waals surface area contributed by atoms with Crippen LogP contribution in [0.25, 0.3) is 0 Å². The standard InChI is InChI=1S/C29H46O/c1-7-21(19(2)3)9-8-20(4)25-12-13-26-24-11-10-22-18-23(30)14-16-28(22,5)27(24)15-17-29(25,26)6/h7,10,19-20,24-27H,8-9,11-18H2,1-6H3/t20-,24+,25-,26+,27+,28+,29-/m1/s1. The fourth-order valence-corrected chi connectivity index (χ4v) is 8.81. The van der Waals surface area contributed by atoms with Crippen molar-refractivity contribution in [2.24, 2.45) is 46.3 Å². The number of hydrogen-bond donors (Lipinski definition) is 0. The zero-order valence-corrected chi connectivity index (χ0v) is 20.6. The van der Waals surface area contributed by atoms with Crippen LogP contribution in [0, 0.1) is 46.3 Å². The Hall–Kier alpha value is -0.850. The minimum absolute atomic E-state index is 0.319. The molecule has 0 aromatic heterocycles. The maximum atomic E-state index is 12.1. The molecule has 0 saturated heterocycles. The largest absolute Gasteiger partial charge is 0.299 e. The number of allylic oxidation sites excluding steroid dienone is 4. The highest BCUT2D eigenvalue weighted by Gasteiger charge is 2.59. The van der Waals surface area contributed by atoms with Gasteiger partial charge in [-0.2, -0.15) is 0 Å². The average Bonchev–Trinajstić information content (AvgIpc) is 3.06. The van der Waals surface area contributed by atoms with Crippen LogP contribution >= 0.6 is 0 Å². The maximum absolute atomic E-state index is 12.1. The van der Waals surface area contributed by atoms with Gasteiger partial charge in [0.25, 0.3) is 0 Å². The van der Waals surface area contributed by atoms with Crippen LogP contribution in [0.15, 0.2) is 23.3 Å². The molecule has 0 amide bonds. The third kappa shape index (κ3) is 3.57. The molecule has 0 radical (unpaired) electrons. The van der Waals surface area contributed by atoms with Crippen LogP contribution in [0.3, 0.4) is 0 Å². The fourth-order valence-electron chi connectivity index (χ4n) is 8.81. The van der Waals surface area contributed by atoms with Gasteiger partial charge >= 0.3 is 0 Å². The van der Waals surface area contributed by atoms with E-state index < -0.39 is 0 Å². The maximum Gasteiger partial charge on any atom is 0.136 e. The van der Waals surface area contributed by atoms with Crippen molar-refractivity contribution in [3.63, 3.8) is 0 Å². The molecular weight excluding hydrogens is 364 g/mol. The lowest BCUT2D eigenvalue weighted by molar-refractivity contribution is -0.122. The highest BCUT2D eigenvalue weighted by atomic mass is 16.1. The number of carbonyl (C=O) groups is 1. The molecule has 0 bridgehead atoms. The SMILES string of the molecule is CC=C(CC[C@@H](C)[C@H]1CC[C@H]2[C@@H]3CC=C4CC(=O)CC[C@]4(C)[C@H]3CC[C@]12C)C(C)C. The third-order valence-electron chi connectivity index (χ3n) is 10.7. The number of Topliss-reactive ketones (excluding diaryl/α,β-unsaturated/α-hetero) is 1. The molecule has 0 aliphatic heterocycles. The first kappa shape index (κ1) is 22.3. The first-order chi connectivity index (χ1) is 14.2. The van der Waals surface area contributed by atoms with Crippen molar-refractivity contribution in [2.75, 3.05) is 0 Å². The first-order valence-electron chi connectivity index (χ1n) is 13.1. The van der Waals surface area contributed by atoms with E-state index in [1.165, 1.54) is 50.5 Å². The predicted octanol–water partition coefficient (Wildman–Crippen LogP) is 8.15. The van der Waals surface area contributed by atoms with Gasteiger partial charge in [-0.25, -0.2) is 0 Å². The molecule has 0 aromatic carbocycles. The van der Waals surface area contributed by atoms with E-state index in [0.29, 0.717) is 22.5 Å². The van der Waals surface area contributed by atoms with Crippen LogP contribution in [0.4, 0.5) is 0 Å². The zero-order valence-electron chi connectivity index (χ0n) is 20.6. The number of carbonyl (C=O) groups excluding carboxylic acids is 1. The molecule has 3 fully saturated rings. The second kappa shape index (κ2) is 8.25. The fraction of sp³-hybridized carbons (Fsp3) is 0.828. The van der Waals surface area contributed by atoms with E-state index in [1.807, 2.05) is 0 Å². The van der Waals surface area contributed by atoms with Crippen LogP contribution in [0.2, 0.25) is 0 Å². The second-order valence-electron chi connectivity index (χ2n) is 12.2. The Morgan fingerprint density at radius 3 is 2.60 bits per heavy atom. The Labute approximate surface area is 186 Å². The van der Waals surface area contributed by atoms with Gasteiger partial charge in [-0.3, -0.25) is 4.79 Å². The summed E-state index contributed by atoms with van der Waals surface area (Å²) in [5.74, 6) is 5.51. The summed E-state index contributed by atoms with van der Waals surface area (Å²) in [7, 11) is 0. The number of fused-ring (bicyclic) bond motifs is 5. The van der Waals surface area contributed by atoms with Crippen LogP contribution in [0.5, 0.6) is 0 Å². The molecule has 30 heavy (non-hydrogen) atoms. The third-order valence-corrected chi connectivity index (χ3v) is 10.7. The molecule has 0 spiro atoms. The van der Waals surface area contributed by atoms with Gasteiger partial charge in [-0.1, -0.05) is 57.9 Å². The van der Waals surface area contributed by atoms with Gasteiger partial charge in [0.1, 0.15) is 5.78 Å². The molecule has 0 N–H and O–H groups in total. The highest BCUT2D eigenvalue weighted by Crippen LogP contribution is 2.67. The van der Waals surface area contributed by atoms with Crippen molar-refractivity contribution in [3.8, 4) is 0 Å². The molecule has 3 saturated carbocycles. The van der Waals surface area contributed by atoms with Crippen molar-refractivity contribution in [2.45, 2.75) is 106 Å². The molecule has 4 aliphatic carbocycles. The van der Waals surface area contributed by atoms with Crippen molar-refractivity contribution < 1.29 is 4.79 Å². The van der Waals surface area contributed by atoms with E-state index in [4.69, 9.17) is 0 Å². The van der Waals surface area contributed by atoms with Crippen molar-refractivity contribution >= 4 is 5.78 Å². The molecule has 0 heterocycles. The summed E-state index contributed by atoms with van der Waals surface area (Å²) >= 11 is 0. The minimum Gasteiger partial charge on any atom is -0.299 e. The van der Waals surface area contributed by atoms with E-state index in [0.717, 1.165) is 48.9 Å². The summed E-state index contributed by atoms with van der Waals surface area (Å²) < 4.78 is 0. The van der Waals surface area contributed by atoms with Crippen LogP contribution in [-0.4, -0.2) is 5.78 Å². The van der Waals surface area contributed by atoms with Crippen LogP contribution in [0.1, 0.15) is 106 Å². The first-order valence-corrected chi connectivity index (χ1v) is 13.1. The Balaban J connectivity index is 1.49. The molecule has 1 heteroatoms. The summed E-state index contributed by atoms with van der Waals surface area (Å²) in [6.45, 7) is 14.7.